The highest BCUT2D eigenvalue weighted by Crippen LogP contribution is 2.27. The van der Waals surface area contributed by atoms with Gasteiger partial charge in [-0.1, -0.05) is 23.2 Å². The second-order valence-electron chi connectivity index (χ2n) is 4.85. The number of anilines is 1. The summed E-state index contributed by atoms with van der Waals surface area (Å²) in [6.45, 7) is 0. The van der Waals surface area contributed by atoms with Crippen LogP contribution in [0.5, 0.6) is 11.5 Å². The summed E-state index contributed by atoms with van der Waals surface area (Å²) in [6.07, 6.45) is 0.802. The van der Waals surface area contributed by atoms with E-state index in [1.54, 1.807) is 32.4 Å². The predicted octanol–water partition coefficient (Wildman–Crippen LogP) is 4.58. The van der Waals surface area contributed by atoms with Crippen LogP contribution in [0.2, 0.25) is 10.0 Å². The summed E-state index contributed by atoms with van der Waals surface area (Å²) in [5.74, 6) is 1.29. The topological polar surface area (TPSA) is 47.6 Å². The molecule has 1 N–H and O–H groups in total. The molecule has 0 aliphatic carbocycles. The SMILES string of the molecule is COc1ccc(OC)c(CCC(=O)Nc2cc(Cl)ccc2Cl)c1. The molecule has 0 heterocycles. The van der Waals surface area contributed by atoms with Crippen molar-refractivity contribution in [2.45, 2.75) is 12.8 Å². The minimum atomic E-state index is -0.154. The maximum absolute atomic E-state index is 12.1. The molecule has 0 atom stereocenters. The van der Waals surface area contributed by atoms with E-state index >= 15 is 0 Å². The largest absolute Gasteiger partial charge is 0.497 e. The van der Waals surface area contributed by atoms with Crippen LogP contribution < -0.4 is 14.8 Å². The van der Waals surface area contributed by atoms with E-state index in [0.29, 0.717) is 22.2 Å². The molecule has 0 aliphatic rings. The second-order valence-corrected chi connectivity index (χ2v) is 5.69. The van der Waals surface area contributed by atoms with Crippen LogP contribution in [-0.2, 0) is 11.2 Å². The molecule has 1 amide bonds. The number of hydrogen-bond acceptors (Lipinski definition) is 3. The van der Waals surface area contributed by atoms with Crippen LogP contribution in [0.15, 0.2) is 36.4 Å². The Kier molecular flexibility index (Phi) is 6.13. The van der Waals surface area contributed by atoms with Gasteiger partial charge >= 0.3 is 0 Å². The van der Waals surface area contributed by atoms with Gasteiger partial charge in [0, 0.05) is 11.4 Å². The Morgan fingerprint density at radius 1 is 1.09 bits per heavy atom. The average molecular weight is 354 g/mol. The van der Waals surface area contributed by atoms with Crippen LogP contribution >= 0.6 is 23.2 Å². The molecule has 0 aliphatic heterocycles. The Bertz CT molecular complexity index is 704. The number of halogens is 2. The number of amides is 1. The number of rotatable bonds is 6. The van der Waals surface area contributed by atoms with Crippen LogP contribution in [0, 0.1) is 0 Å². The van der Waals surface area contributed by atoms with E-state index in [4.69, 9.17) is 32.7 Å². The standard InChI is InChI=1S/C17H17Cl2NO3/c1-22-13-5-7-16(23-2)11(9-13)3-8-17(21)20-15-10-12(18)4-6-14(15)19/h4-7,9-10H,3,8H2,1-2H3,(H,20,21). The lowest BCUT2D eigenvalue weighted by molar-refractivity contribution is -0.116. The number of carbonyl (C=O) groups is 1. The first-order valence-electron chi connectivity index (χ1n) is 6.99. The van der Waals surface area contributed by atoms with Gasteiger partial charge in [0.15, 0.2) is 0 Å². The zero-order valence-electron chi connectivity index (χ0n) is 12.9. The van der Waals surface area contributed by atoms with Crippen molar-refractivity contribution in [3.8, 4) is 11.5 Å². The first-order chi connectivity index (χ1) is 11.0. The number of methoxy groups -OCH3 is 2. The Labute approximate surface area is 145 Å². The van der Waals surface area contributed by atoms with Gasteiger partial charge in [-0.05, 0) is 48.4 Å². The minimum Gasteiger partial charge on any atom is -0.497 e. The summed E-state index contributed by atoms with van der Waals surface area (Å²) in [6, 6.07) is 10.4. The van der Waals surface area contributed by atoms with Gasteiger partial charge in [0.25, 0.3) is 0 Å². The van der Waals surface area contributed by atoms with Crippen molar-refractivity contribution in [1.82, 2.24) is 0 Å². The van der Waals surface area contributed by atoms with E-state index in [9.17, 15) is 4.79 Å². The smallest absolute Gasteiger partial charge is 0.224 e. The zero-order chi connectivity index (χ0) is 16.8. The molecule has 122 valence electrons. The summed E-state index contributed by atoms with van der Waals surface area (Å²) in [5, 5.41) is 3.72. The van der Waals surface area contributed by atoms with E-state index < -0.39 is 0 Å². The van der Waals surface area contributed by atoms with Gasteiger partial charge in [-0.25, -0.2) is 0 Å². The van der Waals surface area contributed by atoms with Crippen molar-refractivity contribution < 1.29 is 14.3 Å². The molecule has 0 saturated carbocycles. The van der Waals surface area contributed by atoms with Crippen LogP contribution in [0.25, 0.3) is 0 Å². The number of benzene rings is 2. The van der Waals surface area contributed by atoms with E-state index in [2.05, 4.69) is 5.32 Å². The molecule has 0 saturated heterocycles. The van der Waals surface area contributed by atoms with Crippen LogP contribution in [0.4, 0.5) is 5.69 Å². The van der Waals surface area contributed by atoms with Crippen molar-refractivity contribution in [3.05, 3.63) is 52.0 Å². The van der Waals surface area contributed by atoms with E-state index in [1.165, 1.54) is 0 Å². The molecule has 23 heavy (non-hydrogen) atoms. The Balaban J connectivity index is 2.03. The van der Waals surface area contributed by atoms with E-state index in [1.807, 2.05) is 18.2 Å². The van der Waals surface area contributed by atoms with Gasteiger partial charge < -0.3 is 14.8 Å². The first-order valence-corrected chi connectivity index (χ1v) is 7.75. The van der Waals surface area contributed by atoms with Gasteiger partial charge in [0.05, 0.1) is 24.9 Å². The quantitative estimate of drug-likeness (QED) is 0.826. The zero-order valence-corrected chi connectivity index (χ0v) is 14.4. The first kappa shape index (κ1) is 17.4. The van der Waals surface area contributed by atoms with Gasteiger partial charge in [0.2, 0.25) is 5.91 Å². The number of hydrogen-bond donors (Lipinski definition) is 1. The molecule has 0 radical (unpaired) electrons. The fourth-order valence-corrected chi connectivity index (χ4v) is 2.47. The van der Waals surface area contributed by atoms with Gasteiger partial charge in [0.1, 0.15) is 11.5 Å². The third kappa shape index (κ3) is 4.78. The number of nitrogens with one attached hydrogen (secondary N) is 1. The van der Waals surface area contributed by atoms with Crippen LogP contribution in [-0.4, -0.2) is 20.1 Å². The molecule has 4 nitrogen and oxygen atoms in total. The molecular weight excluding hydrogens is 337 g/mol. The number of aryl methyl sites for hydroxylation is 1. The molecule has 2 aromatic rings. The molecule has 0 aromatic heterocycles. The highest BCUT2D eigenvalue weighted by Gasteiger charge is 2.10. The van der Waals surface area contributed by atoms with Crippen molar-refractivity contribution >= 4 is 34.8 Å². The van der Waals surface area contributed by atoms with Gasteiger partial charge in [-0.3, -0.25) is 4.79 Å². The Morgan fingerprint density at radius 3 is 2.57 bits per heavy atom. The highest BCUT2D eigenvalue weighted by molar-refractivity contribution is 6.35. The fourth-order valence-electron chi connectivity index (χ4n) is 2.13. The summed E-state index contributed by atoms with van der Waals surface area (Å²) in [7, 11) is 3.19. The van der Waals surface area contributed by atoms with E-state index in [-0.39, 0.29) is 12.3 Å². The van der Waals surface area contributed by atoms with Crippen molar-refractivity contribution in [1.29, 1.82) is 0 Å². The van der Waals surface area contributed by atoms with Crippen molar-refractivity contribution in [2.75, 3.05) is 19.5 Å². The van der Waals surface area contributed by atoms with Crippen LogP contribution in [0.1, 0.15) is 12.0 Å². The van der Waals surface area contributed by atoms with E-state index in [0.717, 1.165) is 17.1 Å². The Hall–Kier alpha value is -1.91. The monoisotopic (exact) mass is 353 g/mol. The second kappa shape index (κ2) is 8.09. The van der Waals surface area contributed by atoms with Crippen molar-refractivity contribution in [3.63, 3.8) is 0 Å². The summed E-state index contributed by atoms with van der Waals surface area (Å²) >= 11 is 11.9. The van der Waals surface area contributed by atoms with Crippen LogP contribution in [0.3, 0.4) is 0 Å². The molecular formula is C17H17Cl2NO3. The van der Waals surface area contributed by atoms with Crippen molar-refractivity contribution in [2.24, 2.45) is 0 Å². The molecule has 2 rings (SSSR count). The van der Waals surface area contributed by atoms with Gasteiger partial charge in [-0.2, -0.15) is 0 Å². The lowest BCUT2D eigenvalue weighted by atomic mass is 10.1. The number of ether oxygens (including phenoxy) is 2. The predicted molar refractivity (Wildman–Crippen MR) is 93.0 cm³/mol. The minimum absolute atomic E-state index is 0.154. The number of carbonyl (C=O) groups excluding carboxylic acids is 1. The summed E-state index contributed by atoms with van der Waals surface area (Å²) in [5.41, 5.74) is 1.40. The molecule has 6 heteroatoms. The lowest BCUT2D eigenvalue weighted by Crippen LogP contribution is -2.13. The average Bonchev–Trinajstić information content (AvgIpc) is 2.56. The third-order valence-corrected chi connectivity index (χ3v) is 3.88. The Morgan fingerprint density at radius 2 is 1.87 bits per heavy atom. The third-order valence-electron chi connectivity index (χ3n) is 3.31. The molecule has 0 spiro atoms. The van der Waals surface area contributed by atoms with Gasteiger partial charge in [-0.15, -0.1) is 0 Å². The highest BCUT2D eigenvalue weighted by atomic mass is 35.5. The normalized spacial score (nSPS) is 10.3. The maximum Gasteiger partial charge on any atom is 0.224 e. The summed E-state index contributed by atoms with van der Waals surface area (Å²) in [4.78, 5) is 12.1. The lowest BCUT2D eigenvalue weighted by Gasteiger charge is -2.11. The molecule has 0 bridgehead atoms. The summed E-state index contributed by atoms with van der Waals surface area (Å²) < 4.78 is 10.5. The fraction of sp³-hybridized carbons (Fsp3) is 0.235. The molecule has 2 aromatic carbocycles. The molecule has 0 unspecified atom stereocenters. The maximum atomic E-state index is 12.1. The molecule has 0 fully saturated rings.